The van der Waals surface area contributed by atoms with Gasteiger partial charge in [0.15, 0.2) is 5.65 Å². The van der Waals surface area contributed by atoms with Crippen molar-refractivity contribution in [3.05, 3.63) is 91.9 Å². The molecule has 1 aliphatic heterocycles. The fraction of sp³-hybridized carbons (Fsp3) is 0.136. The number of carbonyl (C=O) groups is 1. The highest BCUT2D eigenvalue weighted by Crippen LogP contribution is 2.26. The van der Waals surface area contributed by atoms with Crippen molar-refractivity contribution in [2.75, 3.05) is 12.3 Å². The van der Waals surface area contributed by atoms with E-state index in [9.17, 15) is 9.59 Å². The summed E-state index contributed by atoms with van der Waals surface area (Å²) < 4.78 is 3.24. The van der Waals surface area contributed by atoms with Crippen LogP contribution in [-0.2, 0) is 13.0 Å². The number of amides is 1. The van der Waals surface area contributed by atoms with E-state index in [2.05, 4.69) is 5.10 Å². The number of nitrogens with zero attached hydrogens (tertiary/aromatic N) is 4. The number of aromatic nitrogens is 3. The summed E-state index contributed by atoms with van der Waals surface area (Å²) in [4.78, 5) is 28.2. The second kappa shape index (κ2) is 7.44. The van der Waals surface area contributed by atoms with Crippen LogP contribution in [0.4, 0.5) is 5.69 Å². The van der Waals surface area contributed by atoms with Gasteiger partial charge in [-0.05, 0) is 36.8 Å². The Morgan fingerprint density at radius 1 is 1.06 bits per heavy atom. The SMILES string of the molecule is Nc1cnn2c3c(c(=O)n(-c4ccccc4)c12)CCN(C(=O)c1ccc(Cl)c(Cl)c1)C3. The summed E-state index contributed by atoms with van der Waals surface area (Å²) in [6, 6.07) is 14.1. The third-order valence-corrected chi connectivity index (χ3v) is 6.23. The van der Waals surface area contributed by atoms with Gasteiger partial charge in [0.1, 0.15) is 0 Å². The van der Waals surface area contributed by atoms with Crippen LogP contribution in [0.25, 0.3) is 11.3 Å². The van der Waals surface area contributed by atoms with Gasteiger partial charge in [0.2, 0.25) is 0 Å². The lowest BCUT2D eigenvalue weighted by Crippen LogP contribution is -2.41. The monoisotopic (exact) mass is 453 g/mol. The van der Waals surface area contributed by atoms with Crippen LogP contribution in [0.2, 0.25) is 10.0 Å². The maximum atomic E-state index is 13.4. The Morgan fingerprint density at radius 2 is 1.84 bits per heavy atom. The molecule has 0 fully saturated rings. The molecule has 0 spiro atoms. The largest absolute Gasteiger partial charge is 0.394 e. The highest BCUT2D eigenvalue weighted by molar-refractivity contribution is 6.42. The highest BCUT2D eigenvalue weighted by atomic mass is 35.5. The first-order valence-electron chi connectivity index (χ1n) is 9.65. The molecule has 7 nitrogen and oxygen atoms in total. The highest BCUT2D eigenvalue weighted by Gasteiger charge is 2.29. The molecule has 0 unspecified atom stereocenters. The van der Waals surface area contributed by atoms with Crippen LogP contribution in [-0.4, -0.2) is 31.5 Å². The van der Waals surface area contributed by atoms with Gasteiger partial charge in [0.05, 0.1) is 39.9 Å². The van der Waals surface area contributed by atoms with Gasteiger partial charge in [-0.25, -0.2) is 4.52 Å². The number of nitrogen functional groups attached to an aromatic ring is 1. The molecular weight excluding hydrogens is 437 g/mol. The summed E-state index contributed by atoms with van der Waals surface area (Å²) in [5.74, 6) is -0.190. The third kappa shape index (κ3) is 3.17. The number of nitrogens with two attached hydrogens (primary N) is 1. The van der Waals surface area contributed by atoms with Gasteiger partial charge in [-0.2, -0.15) is 5.10 Å². The number of hydrogen-bond donors (Lipinski definition) is 1. The minimum absolute atomic E-state index is 0.150. The third-order valence-electron chi connectivity index (χ3n) is 5.49. The number of rotatable bonds is 2. The average Bonchev–Trinajstić information content (AvgIpc) is 3.17. The van der Waals surface area contributed by atoms with Crippen molar-refractivity contribution in [2.45, 2.75) is 13.0 Å². The predicted octanol–water partition coefficient (Wildman–Crippen LogP) is 3.57. The van der Waals surface area contributed by atoms with Crippen LogP contribution < -0.4 is 11.3 Å². The Balaban J connectivity index is 1.62. The van der Waals surface area contributed by atoms with Crippen molar-refractivity contribution in [2.24, 2.45) is 0 Å². The van der Waals surface area contributed by atoms with Crippen LogP contribution in [0.15, 0.2) is 59.5 Å². The molecule has 0 radical (unpaired) electrons. The molecule has 9 heteroatoms. The van der Waals surface area contributed by atoms with Gasteiger partial charge >= 0.3 is 0 Å². The molecular formula is C22H17Cl2N5O2. The van der Waals surface area contributed by atoms with Gasteiger partial charge in [0.25, 0.3) is 11.5 Å². The molecule has 0 aliphatic carbocycles. The van der Waals surface area contributed by atoms with Crippen molar-refractivity contribution in [1.82, 2.24) is 19.1 Å². The number of hydrogen-bond acceptors (Lipinski definition) is 4. The Labute approximate surface area is 187 Å². The van der Waals surface area contributed by atoms with E-state index in [4.69, 9.17) is 28.9 Å². The van der Waals surface area contributed by atoms with E-state index in [1.54, 1.807) is 32.2 Å². The van der Waals surface area contributed by atoms with Gasteiger partial charge in [-0.3, -0.25) is 14.2 Å². The summed E-state index contributed by atoms with van der Waals surface area (Å²) in [6.45, 7) is 0.634. The number of fused-ring (bicyclic) bond motifs is 3. The fourth-order valence-electron chi connectivity index (χ4n) is 3.98. The molecule has 156 valence electrons. The summed E-state index contributed by atoms with van der Waals surface area (Å²) in [6.07, 6.45) is 1.93. The number of carbonyl (C=O) groups excluding carboxylic acids is 1. The lowest BCUT2D eigenvalue weighted by atomic mass is 10.0. The topological polar surface area (TPSA) is 85.6 Å². The van der Waals surface area contributed by atoms with Crippen LogP contribution in [0.1, 0.15) is 21.6 Å². The minimum atomic E-state index is -0.190. The minimum Gasteiger partial charge on any atom is -0.394 e. The molecule has 1 amide bonds. The summed E-state index contributed by atoms with van der Waals surface area (Å²) in [7, 11) is 0. The Hall–Kier alpha value is -3.29. The Morgan fingerprint density at radius 3 is 2.58 bits per heavy atom. The van der Waals surface area contributed by atoms with E-state index in [1.807, 2.05) is 30.3 Å². The van der Waals surface area contributed by atoms with Crippen molar-refractivity contribution in [3.8, 4) is 5.69 Å². The van der Waals surface area contributed by atoms with E-state index >= 15 is 0 Å². The number of halogens is 2. The van der Waals surface area contributed by atoms with Gasteiger partial charge in [-0.1, -0.05) is 41.4 Å². The standard InChI is InChI=1S/C22H17Cl2N5O2/c23-16-7-6-13(10-17(16)24)21(30)27-9-8-15-19(12-27)29-20(18(25)11-26-29)28(22(15)31)14-4-2-1-3-5-14/h1-7,10-11H,8-9,12,25H2. The normalized spacial score (nSPS) is 13.4. The van der Waals surface area contributed by atoms with Crippen LogP contribution >= 0.6 is 23.2 Å². The molecule has 4 aromatic rings. The molecule has 1 aliphatic rings. The molecule has 0 bridgehead atoms. The summed E-state index contributed by atoms with van der Waals surface area (Å²) in [5, 5.41) is 5.11. The molecule has 5 rings (SSSR count). The van der Waals surface area contributed by atoms with Gasteiger partial charge in [0, 0.05) is 17.7 Å². The maximum absolute atomic E-state index is 13.4. The van der Waals surface area contributed by atoms with Crippen LogP contribution in [0, 0.1) is 0 Å². The van der Waals surface area contributed by atoms with Crippen molar-refractivity contribution < 1.29 is 4.79 Å². The van der Waals surface area contributed by atoms with E-state index in [-0.39, 0.29) is 18.0 Å². The van der Waals surface area contributed by atoms with Crippen molar-refractivity contribution in [3.63, 3.8) is 0 Å². The van der Waals surface area contributed by atoms with Gasteiger partial charge < -0.3 is 10.6 Å². The molecule has 2 aromatic carbocycles. The molecule has 2 N–H and O–H groups in total. The first kappa shape index (κ1) is 19.7. The molecule has 2 aromatic heterocycles. The zero-order valence-corrected chi connectivity index (χ0v) is 17.8. The Bertz CT molecular complexity index is 1390. The number of benzene rings is 2. The van der Waals surface area contributed by atoms with Gasteiger partial charge in [-0.15, -0.1) is 0 Å². The van der Waals surface area contributed by atoms with E-state index < -0.39 is 0 Å². The smallest absolute Gasteiger partial charge is 0.261 e. The number of anilines is 1. The lowest BCUT2D eigenvalue weighted by molar-refractivity contribution is 0.0730. The first-order valence-corrected chi connectivity index (χ1v) is 10.4. The van der Waals surface area contributed by atoms with Crippen LogP contribution in [0.5, 0.6) is 0 Å². The molecule has 31 heavy (non-hydrogen) atoms. The molecule has 0 saturated carbocycles. The number of para-hydroxylation sites is 1. The van der Waals surface area contributed by atoms with E-state index in [0.717, 1.165) is 0 Å². The summed E-state index contributed by atoms with van der Waals surface area (Å²) in [5.41, 5.74) is 9.33. The second-order valence-electron chi connectivity index (χ2n) is 7.34. The van der Waals surface area contributed by atoms with E-state index in [0.29, 0.717) is 56.9 Å². The predicted molar refractivity (Wildman–Crippen MR) is 120 cm³/mol. The summed E-state index contributed by atoms with van der Waals surface area (Å²) >= 11 is 12.1. The molecule has 0 atom stereocenters. The van der Waals surface area contributed by atoms with Crippen molar-refractivity contribution in [1.29, 1.82) is 0 Å². The van der Waals surface area contributed by atoms with Crippen LogP contribution in [0.3, 0.4) is 0 Å². The molecule has 0 saturated heterocycles. The maximum Gasteiger partial charge on any atom is 0.261 e. The Kier molecular flexibility index (Phi) is 4.72. The average molecular weight is 454 g/mol. The lowest BCUT2D eigenvalue weighted by Gasteiger charge is -2.29. The van der Waals surface area contributed by atoms with Crippen molar-refractivity contribution >= 4 is 40.4 Å². The first-order chi connectivity index (χ1) is 15.0. The molecule has 3 heterocycles. The zero-order chi connectivity index (χ0) is 21.7. The van der Waals surface area contributed by atoms with E-state index in [1.165, 1.54) is 6.20 Å². The fourth-order valence-corrected chi connectivity index (χ4v) is 4.28. The quantitative estimate of drug-likeness (QED) is 0.502. The zero-order valence-electron chi connectivity index (χ0n) is 16.3. The second-order valence-corrected chi connectivity index (χ2v) is 8.16.